The van der Waals surface area contributed by atoms with Crippen molar-refractivity contribution in [2.24, 2.45) is 10.9 Å². The second-order valence-electron chi connectivity index (χ2n) is 6.45. The molecule has 1 aliphatic carbocycles. The molecule has 0 bridgehead atoms. The minimum atomic E-state index is -0.720. The zero-order valence-corrected chi connectivity index (χ0v) is 16.8. The summed E-state index contributed by atoms with van der Waals surface area (Å²) in [5.74, 6) is 1.63. The number of rotatable bonds is 8. The minimum absolute atomic E-state index is 0. The summed E-state index contributed by atoms with van der Waals surface area (Å²) in [7, 11) is 2.01. The minimum Gasteiger partial charge on any atom is -0.388 e. The van der Waals surface area contributed by atoms with Gasteiger partial charge in [-0.05, 0) is 25.7 Å². The number of halogens is 1. The molecule has 2 fully saturated rings. The van der Waals surface area contributed by atoms with Gasteiger partial charge in [-0.25, -0.2) is 0 Å². The lowest BCUT2D eigenvalue weighted by Gasteiger charge is -2.31. The smallest absolute Gasteiger partial charge is 0.193 e. The molecule has 1 heterocycles. The summed E-state index contributed by atoms with van der Waals surface area (Å²) in [6.07, 6.45) is 3.96. The van der Waals surface area contributed by atoms with Crippen LogP contribution in [0.2, 0.25) is 0 Å². The fourth-order valence-electron chi connectivity index (χ4n) is 2.44. The first-order chi connectivity index (χ1) is 10.6. The summed E-state index contributed by atoms with van der Waals surface area (Å²) < 4.78 is 11.0. The van der Waals surface area contributed by atoms with Gasteiger partial charge in [-0.15, -0.1) is 24.0 Å². The third kappa shape index (κ3) is 8.00. The summed E-state index contributed by atoms with van der Waals surface area (Å²) in [5.41, 5.74) is -0.720. The lowest BCUT2D eigenvalue weighted by molar-refractivity contribution is -0.0566. The highest BCUT2D eigenvalue weighted by atomic mass is 127. The van der Waals surface area contributed by atoms with Crippen molar-refractivity contribution < 1.29 is 14.6 Å². The molecule has 136 valence electrons. The Morgan fingerprint density at radius 3 is 2.70 bits per heavy atom. The first kappa shape index (κ1) is 20.9. The van der Waals surface area contributed by atoms with E-state index in [1.165, 1.54) is 12.8 Å². The highest BCUT2D eigenvalue weighted by Crippen LogP contribution is 2.28. The van der Waals surface area contributed by atoms with E-state index in [0.29, 0.717) is 32.6 Å². The van der Waals surface area contributed by atoms with Gasteiger partial charge in [0, 0.05) is 52.8 Å². The summed E-state index contributed by atoms with van der Waals surface area (Å²) in [6, 6.07) is 0. The summed E-state index contributed by atoms with van der Waals surface area (Å²) in [4.78, 5) is 6.67. The van der Waals surface area contributed by atoms with Gasteiger partial charge in [-0.1, -0.05) is 0 Å². The summed E-state index contributed by atoms with van der Waals surface area (Å²) >= 11 is 0. The van der Waals surface area contributed by atoms with Crippen molar-refractivity contribution in [2.75, 3.05) is 53.1 Å². The van der Waals surface area contributed by atoms with Gasteiger partial charge in [0.05, 0.1) is 18.8 Å². The highest BCUT2D eigenvalue weighted by Gasteiger charge is 2.29. The van der Waals surface area contributed by atoms with Crippen molar-refractivity contribution in [2.45, 2.75) is 38.2 Å². The molecule has 1 saturated carbocycles. The highest BCUT2D eigenvalue weighted by molar-refractivity contribution is 14.0. The molecule has 23 heavy (non-hydrogen) atoms. The van der Waals surface area contributed by atoms with Crippen LogP contribution >= 0.6 is 24.0 Å². The van der Waals surface area contributed by atoms with Gasteiger partial charge in [-0.2, -0.15) is 0 Å². The quantitative estimate of drug-likeness (QED) is 0.259. The van der Waals surface area contributed by atoms with Gasteiger partial charge in [0.25, 0.3) is 0 Å². The molecule has 7 heteroatoms. The monoisotopic (exact) mass is 441 g/mol. The van der Waals surface area contributed by atoms with Crippen molar-refractivity contribution in [3.63, 3.8) is 0 Å². The first-order valence-electron chi connectivity index (χ1n) is 8.50. The Labute approximate surface area is 157 Å². The van der Waals surface area contributed by atoms with E-state index in [9.17, 15) is 5.11 Å². The SMILES string of the molecule is CCNC(=NCC1(O)CCOCC1)N(C)CCOCC1CC1.I. The Bertz CT molecular complexity index is 358. The molecule has 2 aliphatic rings. The standard InChI is InChI=1S/C16H31N3O3.HI/c1-3-17-15(18-13-16(20)6-9-21-10-7-16)19(2)8-11-22-12-14-4-5-14;/h14,20H,3-13H2,1-2H3,(H,17,18);1H. The number of aliphatic hydroxyl groups is 1. The molecule has 0 atom stereocenters. The number of nitrogens with zero attached hydrogens (tertiary/aromatic N) is 2. The molecule has 0 aromatic rings. The number of guanidine groups is 1. The van der Waals surface area contributed by atoms with E-state index in [4.69, 9.17) is 9.47 Å². The Morgan fingerprint density at radius 1 is 1.39 bits per heavy atom. The normalized spacial score (nSPS) is 20.7. The van der Waals surface area contributed by atoms with Gasteiger partial charge in [0.2, 0.25) is 0 Å². The van der Waals surface area contributed by atoms with E-state index < -0.39 is 5.60 Å². The third-order valence-electron chi connectivity index (χ3n) is 4.26. The molecule has 0 radical (unpaired) electrons. The Balaban J connectivity index is 0.00000264. The van der Waals surface area contributed by atoms with E-state index in [1.807, 2.05) is 7.05 Å². The molecule has 1 aliphatic heterocycles. The van der Waals surface area contributed by atoms with Crippen molar-refractivity contribution in [1.29, 1.82) is 0 Å². The number of aliphatic imine (C=N–C) groups is 1. The van der Waals surface area contributed by atoms with Crippen molar-refractivity contribution >= 4 is 29.9 Å². The van der Waals surface area contributed by atoms with Crippen LogP contribution in [-0.4, -0.2) is 74.7 Å². The lowest BCUT2D eigenvalue weighted by Crippen LogP contribution is -2.44. The van der Waals surface area contributed by atoms with Crippen LogP contribution in [0.4, 0.5) is 0 Å². The molecule has 2 rings (SSSR count). The molecular formula is C16H32IN3O3. The van der Waals surface area contributed by atoms with Crippen molar-refractivity contribution in [3.8, 4) is 0 Å². The fourth-order valence-corrected chi connectivity index (χ4v) is 2.44. The van der Waals surface area contributed by atoms with Crippen LogP contribution in [0, 0.1) is 5.92 Å². The summed E-state index contributed by atoms with van der Waals surface area (Å²) in [6.45, 7) is 6.94. The zero-order chi connectivity index (χ0) is 15.8. The molecule has 0 amide bonds. The molecule has 0 spiro atoms. The molecule has 1 saturated heterocycles. The lowest BCUT2D eigenvalue weighted by atomic mass is 9.95. The molecule has 6 nitrogen and oxygen atoms in total. The topological polar surface area (TPSA) is 66.3 Å². The van der Waals surface area contributed by atoms with E-state index in [0.717, 1.165) is 38.2 Å². The van der Waals surface area contributed by atoms with Crippen LogP contribution in [0.15, 0.2) is 4.99 Å². The van der Waals surface area contributed by atoms with Crippen LogP contribution in [-0.2, 0) is 9.47 Å². The van der Waals surface area contributed by atoms with Crippen molar-refractivity contribution in [3.05, 3.63) is 0 Å². The van der Waals surface area contributed by atoms with Gasteiger partial charge in [0.1, 0.15) is 0 Å². The van der Waals surface area contributed by atoms with Gasteiger partial charge in [-0.3, -0.25) is 4.99 Å². The Hall–Kier alpha value is -0.120. The Kier molecular flexibility index (Phi) is 9.72. The Morgan fingerprint density at radius 2 is 2.09 bits per heavy atom. The first-order valence-corrected chi connectivity index (χ1v) is 8.50. The maximum atomic E-state index is 10.5. The van der Waals surface area contributed by atoms with Gasteiger partial charge < -0.3 is 24.8 Å². The zero-order valence-electron chi connectivity index (χ0n) is 14.4. The predicted molar refractivity (Wildman–Crippen MR) is 103 cm³/mol. The maximum absolute atomic E-state index is 10.5. The van der Waals surface area contributed by atoms with Crippen molar-refractivity contribution in [1.82, 2.24) is 10.2 Å². The maximum Gasteiger partial charge on any atom is 0.193 e. The average molecular weight is 441 g/mol. The fraction of sp³-hybridized carbons (Fsp3) is 0.938. The third-order valence-corrected chi connectivity index (χ3v) is 4.26. The van der Waals surface area contributed by atoms with Crippen LogP contribution in [0.25, 0.3) is 0 Å². The summed E-state index contributed by atoms with van der Waals surface area (Å²) in [5, 5.41) is 13.8. The second kappa shape index (κ2) is 10.7. The number of hydrogen-bond donors (Lipinski definition) is 2. The number of ether oxygens (including phenoxy) is 2. The van der Waals surface area contributed by atoms with Gasteiger partial charge >= 0.3 is 0 Å². The molecule has 0 aromatic carbocycles. The second-order valence-corrected chi connectivity index (χ2v) is 6.45. The van der Waals surface area contributed by atoms with Crippen LogP contribution in [0.1, 0.15) is 32.6 Å². The van der Waals surface area contributed by atoms with E-state index in [2.05, 4.69) is 22.1 Å². The van der Waals surface area contributed by atoms with Crippen LogP contribution < -0.4 is 5.32 Å². The molecule has 0 unspecified atom stereocenters. The van der Waals surface area contributed by atoms with Gasteiger partial charge in [0.15, 0.2) is 5.96 Å². The molecule has 0 aromatic heterocycles. The number of hydrogen-bond acceptors (Lipinski definition) is 4. The number of likely N-dealkylation sites (N-methyl/N-ethyl adjacent to an activating group) is 1. The van der Waals surface area contributed by atoms with E-state index in [1.54, 1.807) is 0 Å². The predicted octanol–water partition coefficient (Wildman–Crippen LogP) is 1.47. The van der Waals surface area contributed by atoms with Crippen LogP contribution in [0.5, 0.6) is 0 Å². The van der Waals surface area contributed by atoms with E-state index in [-0.39, 0.29) is 24.0 Å². The largest absolute Gasteiger partial charge is 0.388 e. The van der Waals surface area contributed by atoms with Crippen LogP contribution in [0.3, 0.4) is 0 Å². The molecular weight excluding hydrogens is 409 g/mol. The molecule has 2 N–H and O–H groups in total. The van der Waals surface area contributed by atoms with E-state index >= 15 is 0 Å². The number of nitrogens with one attached hydrogen (secondary N) is 1. The average Bonchev–Trinajstić information content (AvgIpc) is 3.33.